The van der Waals surface area contributed by atoms with E-state index in [1.165, 1.54) is 0 Å². The highest BCUT2D eigenvalue weighted by atomic mass is 16.4. The smallest absolute Gasteiger partial charge is 0.303 e. The van der Waals surface area contributed by atoms with Gasteiger partial charge in [0.05, 0.1) is 0 Å². The second-order valence-corrected chi connectivity index (χ2v) is 2.22. The van der Waals surface area contributed by atoms with Crippen molar-refractivity contribution < 1.29 is 14.7 Å². The van der Waals surface area contributed by atoms with Gasteiger partial charge >= 0.3 is 5.97 Å². The van der Waals surface area contributed by atoms with E-state index in [2.05, 4.69) is 0 Å². The normalized spacial score (nSPS) is 9.75. The molecule has 0 unspecified atom stereocenters. The Morgan fingerprint density at radius 3 is 1.92 bits per heavy atom. The van der Waals surface area contributed by atoms with Crippen LogP contribution >= 0.6 is 0 Å². The molecule has 0 aromatic heterocycles. The molecule has 0 aromatic carbocycles. The maximum atomic E-state index is 9.83. The third kappa shape index (κ3) is 15.9. The lowest BCUT2D eigenvalue weighted by atomic mass is 10.3. The van der Waals surface area contributed by atoms with Gasteiger partial charge < -0.3 is 5.11 Å². The summed E-state index contributed by atoms with van der Waals surface area (Å²) in [5.41, 5.74) is 0.822. The maximum Gasteiger partial charge on any atom is 0.303 e. The van der Waals surface area contributed by atoms with Gasteiger partial charge in [0, 0.05) is 6.42 Å². The summed E-state index contributed by atoms with van der Waals surface area (Å²) in [5.74, 6) is -0.745. The Morgan fingerprint density at radius 2 is 1.83 bits per heavy atom. The van der Waals surface area contributed by atoms with Gasteiger partial charge in [-0.15, -0.1) is 0 Å². The maximum absolute atomic E-state index is 9.83. The molecular formula is C9H16O3. The molecule has 0 aliphatic heterocycles. The topological polar surface area (TPSA) is 54.4 Å². The highest BCUT2D eigenvalue weighted by molar-refractivity contribution is 5.71. The molecule has 12 heavy (non-hydrogen) atoms. The molecule has 0 rings (SSSR count). The minimum absolute atomic E-state index is 0.222. The van der Waals surface area contributed by atoms with Crippen molar-refractivity contribution in [3.05, 3.63) is 11.6 Å². The molecule has 1 N–H and O–H groups in total. The molecule has 0 spiro atoms. The second-order valence-electron chi connectivity index (χ2n) is 2.22. The summed E-state index contributed by atoms with van der Waals surface area (Å²) in [7, 11) is 0. The van der Waals surface area contributed by atoms with Crippen LogP contribution in [0.3, 0.4) is 0 Å². The van der Waals surface area contributed by atoms with E-state index in [1.807, 2.05) is 13.0 Å². The summed E-state index contributed by atoms with van der Waals surface area (Å²) < 4.78 is 0. The fraction of sp³-hybridized carbons (Fsp3) is 0.556. The lowest BCUT2D eigenvalue weighted by molar-refractivity contribution is -0.136. The van der Waals surface area contributed by atoms with Gasteiger partial charge in [0.25, 0.3) is 0 Å². The highest BCUT2D eigenvalue weighted by Crippen LogP contribution is 1.87. The predicted octanol–water partition coefficient (Wildman–Crippen LogP) is 2.02. The quantitative estimate of drug-likeness (QED) is 0.523. The first-order chi connectivity index (χ1) is 5.58. The summed E-state index contributed by atoms with van der Waals surface area (Å²) in [4.78, 5) is 19.2. The summed E-state index contributed by atoms with van der Waals surface area (Å²) in [6.07, 6.45) is 3.93. The first kappa shape index (κ1) is 13.5. The molecule has 0 aromatic rings. The fourth-order valence-electron chi connectivity index (χ4n) is 0.370. The first-order valence-electron chi connectivity index (χ1n) is 3.92. The Morgan fingerprint density at radius 1 is 1.42 bits per heavy atom. The van der Waals surface area contributed by atoms with E-state index in [1.54, 1.807) is 13.8 Å². The average molecular weight is 172 g/mol. The van der Waals surface area contributed by atoms with Crippen LogP contribution in [0.1, 0.15) is 33.6 Å². The summed E-state index contributed by atoms with van der Waals surface area (Å²) >= 11 is 0. The number of hydrogen-bond donors (Lipinski definition) is 1. The molecule has 3 nitrogen and oxygen atoms in total. The largest absolute Gasteiger partial charge is 0.481 e. The number of rotatable bonds is 3. The number of aliphatic carboxylic acids is 1. The van der Waals surface area contributed by atoms with Gasteiger partial charge in [0.15, 0.2) is 0 Å². The van der Waals surface area contributed by atoms with Crippen molar-refractivity contribution in [2.45, 2.75) is 33.6 Å². The van der Waals surface area contributed by atoms with Crippen LogP contribution < -0.4 is 0 Å². The number of aldehydes is 1. The number of hydrogen-bond acceptors (Lipinski definition) is 2. The van der Waals surface area contributed by atoms with Crippen LogP contribution in [-0.4, -0.2) is 17.4 Å². The van der Waals surface area contributed by atoms with Crippen LogP contribution in [0.4, 0.5) is 0 Å². The van der Waals surface area contributed by atoms with E-state index in [-0.39, 0.29) is 6.42 Å². The van der Waals surface area contributed by atoms with Crippen LogP contribution in [0.25, 0.3) is 0 Å². The van der Waals surface area contributed by atoms with Gasteiger partial charge in [-0.2, -0.15) is 0 Å². The van der Waals surface area contributed by atoms with Gasteiger partial charge in [-0.1, -0.05) is 19.9 Å². The van der Waals surface area contributed by atoms with Crippen LogP contribution in [0.5, 0.6) is 0 Å². The number of carbonyl (C=O) groups excluding carboxylic acids is 1. The van der Waals surface area contributed by atoms with Crippen LogP contribution in [-0.2, 0) is 9.59 Å². The van der Waals surface area contributed by atoms with E-state index in [4.69, 9.17) is 5.11 Å². The van der Waals surface area contributed by atoms with Gasteiger partial charge in [-0.3, -0.25) is 9.59 Å². The Kier molecular flexibility index (Phi) is 11.1. The molecule has 70 valence electrons. The van der Waals surface area contributed by atoms with Crippen molar-refractivity contribution in [3.8, 4) is 0 Å². The second kappa shape index (κ2) is 9.88. The van der Waals surface area contributed by atoms with Crippen LogP contribution in [0, 0.1) is 0 Å². The average Bonchev–Trinajstić information content (AvgIpc) is 2.06. The molecule has 0 fully saturated rings. The van der Waals surface area contributed by atoms with Gasteiger partial charge in [-0.05, 0) is 18.9 Å². The summed E-state index contributed by atoms with van der Waals surface area (Å²) in [5, 5.41) is 7.72. The lowest BCUT2D eigenvalue weighted by Crippen LogP contribution is -1.86. The van der Waals surface area contributed by atoms with Crippen molar-refractivity contribution in [2.75, 3.05) is 0 Å². The number of carboxylic acids is 1. The lowest BCUT2D eigenvalue weighted by Gasteiger charge is -1.79. The Bertz CT molecular complexity index is 159. The van der Waals surface area contributed by atoms with Gasteiger partial charge in [0.2, 0.25) is 0 Å². The van der Waals surface area contributed by atoms with Gasteiger partial charge in [-0.25, -0.2) is 0 Å². The van der Waals surface area contributed by atoms with E-state index >= 15 is 0 Å². The Hall–Kier alpha value is -1.12. The molecule has 0 atom stereocenters. The molecular weight excluding hydrogens is 156 g/mol. The molecule has 3 heteroatoms. The molecule has 0 aliphatic carbocycles. The standard InChI is InChI=1S/C6H10O.C3H6O2/c1-3-4-6(2)5-7;1-2-3(4)5/h4-5H,3H2,1-2H3;2H2,1H3,(H,4,5)/b6-4+;. The van der Waals surface area contributed by atoms with E-state index in [0.29, 0.717) is 0 Å². The minimum Gasteiger partial charge on any atom is -0.481 e. The van der Waals surface area contributed by atoms with Gasteiger partial charge in [0.1, 0.15) is 6.29 Å². The molecule has 0 amide bonds. The Balaban J connectivity index is 0. The third-order valence-electron chi connectivity index (χ3n) is 1.01. The molecule has 0 aliphatic rings. The van der Waals surface area contributed by atoms with E-state index in [0.717, 1.165) is 18.3 Å². The van der Waals surface area contributed by atoms with Crippen molar-refractivity contribution in [1.29, 1.82) is 0 Å². The first-order valence-corrected chi connectivity index (χ1v) is 3.92. The zero-order valence-corrected chi connectivity index (χ0v) is 7.83. The van der Waals surface area contributed by atoms with Crippen molar-refractivity contribution in [1.82, 2.24) is 0 Å². The molecule has 0 saturated carbocycles. The van der Waals surface area contributed by atoms with Crippen molar-refractivity contribution in [2.24, 2.45) is 0 Å². The summed E-state index contributed by atoms with van der Waals surface area (Å²) in [6.45, 7) is 5.41. The SMILES string of the molecule is CC/C=C(\C)C=O.CCC(=O)O. The van der Waals surface area contributed by atoms with Crippen molar-refractivity contribution >= 4 is 12.3 Å². The monoisotopic (exact) mass is 172 g/mol. The molecule has 0 radical (unpaired) electrons. The van der Waals surface area contributed by atoms with E-state index in [9.17, 15) is 9.59 Å². The molecule has 0 saturated heterocycles. The Labute approximate surface area is 73.1 Å². The molecule has 0 heterocycles. The number of allylic oxidation sites excluding steroid dienone is 2. The van der Waals surface area contributed by atoms with Crippen molar-refractivity contribution in [3.63, 3.8) is 0 Å². The summed E-state index contributed by atoms with van der Waals surface area (Å²) in [6, 6.07) is 0. The third-order valence-corrected chi connectivity index (χ3v) is 1.01. The minimum atomic E-state index is -0.745. The van der Waals surface area contributed by atoms with Crippen LogP contribution in [0.15, 0.2) is 11.6 Å². The zero-order valence-electron chi connectivity index (χ0n) is 7.83. The predicted molar refractivity (Wildman–Crippen MR) is 48.0 cm³/mol. The fourth-order valence-corrected chi connectivity index (χ4v) is 0.370. The highest BCUT2D eigenvalue weighted by Gasteiger charge is 1.80. The number of carbonyl (C=O) groups is 2. The van der Waals surface area contributed by atoms with E-state index < -0.39 is 5.97 Å². The molecule has 0 bridgehead atoms. The van der Waals surface area contributed by atoms with Crippen LogP contribution in [0.2, 0.25) is 0 Å². The number of carboxylic acid groups (broad SMARTS) is 1. The zero-order chi connectivity index (χ0) is 9.98.